The number of carbonyl (C=O) groups excluding carboxylic acids is 2. The molecule has 0 fully saturated rings. The van der Waals surface area contributed by atoms with Crippen LogP contribution in [0.25, 0.3) is 0 Å². The van der Waals surface area contributed by atoms with Crippen LogP contribution in [-0.4, -0.2) is 27.9 Å². The second kappa shape index (κ2) is 7.57. The molecule has 0 bridgehead atoms. The number of imidazole rings is 1. The zero-order valence-corrected chi connectivity index (χ0v) is 12.1. The van der Waals surface area contributed by atoms with Crippen LogP contribution in [0.4, 0.5) is 17.6 Å². The second-order valence-corrected chi connectivity index (χ2v) is 4.62. The quantitative estimate of drug-likeness (QED) is 0.782. The van der Waals surface area contributed by atoms with E-state index in [9.17, 15) is 27.2 Å². The molecule has 1 aromatic carbocycles. The summed E-state index contributed by atoms with van der Waals surface area (Å²) in [6.45, 7) is -3.50. The molecule has 0 aliphatic carbocycles. The topological polar surface area (TPSA) is 76.0 Å². The van der Waals surface area contributed by atoms with Crippen molar-refractivity contribution in [1.29, 1.82) is 0 Å². The Balaban J connectivity index is 1.83. The number of alkyl halides is 2. The van der Waals surface area contributed by atoms with E-state index in [1.54, 1.807) is 0 Å². The molecule has 0 saturated carbocycles. The maximum Gasteiger partial charge on any atom is 0.319 e. The largest absolute Gasteiger partial charge is 0.347 e. The number of aromatic nitrogens is 2. The van der Waals surface area contributed by atoms with Crippen LogP contribution in [0.3, 0.4) is 0 Å². The summed E-state index contributed by atoms with van der Waals surface area (Å²) in [7, 11) is 0. The molecule has 0 unspecified atom stereocenters. The van der Waals surface area contributed by atoms with Crippen molar-refractivity contribution in [2.24, 2.45) is 0 Å². The lowest BCUT2D eigenvalue weighted by Crippen LogP contribution is -2.37. The van der Waals surface area contributed by atoms with Gasteiger partial charge in [-0.15, -0.1) is 0 Å². The van der Waals surface area contributed by atoms with Gasteiger partial charge >= 0.3 is 6.55 Å². The number of amides is 2. The molecule has 2 rings (SSSR count). The molecule has 24 heavy (non-hydrogen) atoms. The van der Waals surface area contributed by atoms with E-state index in [-0.39, 0.29) is 17.9 Å². The maximum absolute atomic E-state index is 13.0. The first-order valence-corrected chi connectivity index (χ1v) is 6.68. The van der Waals surface area contributed by atoms with Crippen LogP contribution in [0.1, 0.15) is 22.7 Å². The van der Waals surface area contributed by atoms with Crippen LogP contribution < -0.4 is 10.6 Å². The number of hydrogen-bond acceptors (Lipinski definition) is 3. The average molecular weight is 344 g/mol. The van der Waals surface area contributed by atoms with Gasteiger partial charge in [0.2, 0.25) is 5.91 Å². The smallest absolute Gasteiger partial charge is 0.319 e. The Bertz CT molecular complexity index is 748. The van der Waals surface area contributed by atoms with E-state index in [2.05, 4.69) is 15.6 Å². The number of rotatable bonds is 6. The van der Waals surface area contributed by atoms with Gasteiger partial charge in [0.1, 0.15) is 5.82 Å². The Hall–Kier alpha value is -2.91. The van der Waals surface area contributed by atoms with Crippen LogP contribution >= 0.6 is 0 Å². The van der Waals surface area contributed by atoms with Crippen molar-refractivity contribution in [2.45, 2.75) is 13.1 Å². The number of halogens is 4. The number of carbonyl (C=O) groups is 2. The van der Waals surface area contributed by atoms with E-state index in [1.165, 1.54) is 6.20 Å². The predicted octanol–water partition coefficient (Wildman–Crippen LogP) is 1.60. The molecule has 2 amide bonds. The van der Waals surface area contributed by atoms with Gasteiger partial charge in [0.15, 0.2) is 11.6 Å². The minimum atomic E-state index is -2.78. The van der Waals surface area contributed by atoms with E-state index >= 15 is 0 Å². The lowest BCUT2D eigenvalue weighted by Gasteiger charge is -2.09. The van der Waals surface area contributed by atoms with Gasteiger partial charge in [0.05, 0.1) is 13.1 Å². The third kappa shape index (κ3) is 4.31. The van der Waals surface area contributed by atoms with E-state index in [1.807, 2.05) is 0 Å². The molecule has 0 spiro atoms. The van der Waals surface area contributed by atoms with Crippen LogP contribution in [0, 0.1) is 11.6 Å². The first-order chi connectivity index (χ1) is 11.4. The van der Waals surface area contributed by atoms with E-state index in [0.29, 0.717) is 10.6 Å². The number of benzene rings is 1. The minimum absolute atomic E-state index is 0.0507. The summed E-state index contributed by atoms with van der Waals surface area (Å²) >= 11 is 0. The number of hydrogen-bond donors (Lipinski definition) is 2. The summed E-state index contributed by atoms with van der Waals surface area (Å²) in [6.07, 6.45) is 2.23. The van der Waals surface area contributed by atoms with Gasteiger partial charge in [0.25, 0.3) is 5.91 Å². The second-order valence-electron chi connectivity index (χ2n) is 4.62. The Morgan fingerprint density at radius 2 is 1.92 bits per heavy atom. The van der Waals surface area contributed by atoms with Crippen molar-refractivity contribution in [2.75, 3.05) is 6.54 Å². The summed E-state index contributed by atoms with van der Waals surface area (Å²) in [4.78, 5) is 27.0. The number of nitrogens with one attached hydrogen (secondary N) is 2. The molecule has 1 aromatic heterocycles. The number of nitrogens with zero attached hydrogens (tertiary/aromatic N) is 2. The molecule has 2 N–H and O–H groups in total. The minimum Gasteiger partial charge on any atom is -0.347 e. The van der Waals surface area contributed by atoms with Gasteiger partial charge in [-0.1, -0.05) is 0 Å². The first-order valence-electron chi connectivity index (χ1n) is 6.68. The van der Waals surface area contributed by atoms with E-state index < -0.39 is 36.5 Å². The monoisotopic (exact) mass is 344 g/mol. The summed E-state index contributed by atoms with van der Waals surface area (Å²) in [6, 6.07) is 2.54. The molecule has 0 aliphatic heterocycles. The highest BCUT2D eigenvalue weighted by atomic mass is 19.3. The zero-order chi connectivity index (χ0) is 17.7. The average Bonchev–Trinajstić information content (AvgIpc) is 3.02. The van der Waals surface area contributed by atoms with Crippen LogP contribution in [0.5, 0.6) is 0 Å². The third-order valence-electron chi connectivity index (χ3n) is 2.99. The Morgan fingerprint density at radius 3 is 2.58 bits per heavy atom. The fourth-order valence-corrected chi connectivity index (χ4v) is 1.80. The molecule has 6 nitrogen and oxygen atoms in total. The van der Waals surface area contributed by atoms with Crippen LogP contribution in [-0.2, 0) is 11.3 Å². The van der Waals surface area contributed by atoms with Gasteiger partial charge in [-0.05, 0) is 18.2 Å². The summed E-state index contributed by atoms with van der Waals surface area (Å²) < 4.78 is 51.5. The molecule has 0 atom stereocenters. The van der Waals surface area contributed by atoms with Crippen molar-refractivity contribution in [3.05, 3.63) is 53.6 Å². The van der Waals surface area contributed by atoms with Gasteiger partial charge < -0.3 is 10.6 Å². The van der Waals surface area contributed by atoms with Crippen molar-refractivity contribution in [1.82, 2.24) is 20.2 Å². The SMILES string of the molecule is O=C(CNC(=O)c1ccc(F)c(F)c1)NCc1nccn1C(F)F. The van der Waals surface area contributed by atoms with Crippen molar-refractivity contribution >= 4 is 11.8 Å². The van der Waals surface area contributed by atoms with Crippen molar-refractivity contribution in [3.8, 4) is 0 Å². The summed E-state index contributed by atoms with van der Waals surface area (Å²) in [5.41, 5.74) is -0.157. The molecular formula is C14H12F4N4O2. The van der Waals surface area contributed by atoms with Crippen molar-refractivity contribution < 1.29 is 27.2 Å². The highest BCUT2D eigenvalue weighted by Gasteiger charge is 2.13. The van der Waals surface area contributed by atoms with Gasteiger partial charge in [-0.2, -0.15) is 8.78 Å². The predicted molar refractivity (Wildman–Crippen MR) is 74.0 cm³/mol. The maximum atomic E-state index is 13.0. The molecule has 128 valence electrons. The molecule has 0 saturated heterocycles. The molecule has 2 aromatic rings. The molecule has 1 heterocycles. The standard InChI is InChI=1S/C14H12F4N4O2/c15-9-2-1-8(5-10(9)16)13(24)21-7-12(23)20-6-11-19-3-4-22(11)14(17)18/h1-5,14H,6-7H2,(H,20,23)(H,21,24). The summed E-state index contributed by atoms with van der Waals surface area (Å²) in [5, 5.41) is 4.50. The summed E-state index contributed by atoms with van der Waals surface area (Å²) in [5.74, 6) is -3.78. The van der Waals surface area contributed by atoms with E-state index in [0.717, 1.165) is 18.3 Å². The Labute approximate surface area is 133 Å². The first kappa shape index (κ1) is 17.4. The lowest BCUT2D eigenvalue weighted by molar-refractivity contribution is -0.120. The van der Waals surface area contributed by atoms with E-state index in [4.69, 9.17) is 0 Å². The van der Waals surface area contributed by atoms with Crippen LogP contribution in [0.15, 0.2) is 30.6 Å². The van der Waals surface area contributed by atoms with Gasteiger partial charge in [-0.3, -0.25) is 14.2 Å². The lowest BCUT2D eigenvalue weighted by atomic mass is 10.2. The molecule has 0 aliphatic rings. The third-order valence-corrected chi connectivity index (χ3v) is 2.99. The molecule has 10 heteroatoms. The van der Waals surface area contributed by atoms with Gasteiger partial charge in [-0.25, -0.2) is 13.8 Å². The normalized spacial score (nSPS) is 10.7. The van der Waals surface area contributed by atoms with Gasteiger partial charge in [0, 0.05) is 18.0 Å². The fourth-order valence-electron chi connectivity index (χ4n) is 1.80. The Kier molecular flexibility index (Phi) is 5.51. The highest BCUT2D eigenvalue weighted by molar-refractivity contribution is 5.96. The fraction of sp³-hybridized carbons (Fsp3) is 0.214. The molecule has 0 radical (unpaired) electrons. The molecular weight excluding hydrogens is 332 g/mol. The van der Waals surface area contributed by atoms with Crippen molar-refractivity contribution in [3.63, 3.8) is 0 Å². The zero-order valence-electron chi connectivity index (χ0n) is 12.1. The highest BCUT2D eigenvalue weighted by Crippen LogP contribution is 2.12. The Morgan fingerprint density at radius 1 is 1.17 bits per heavy atom. The van der Waals surface area contributed by atoms with Crippen LogP contribution in [0.2, 0.25) is 0 Å².